The van der Waals surface area contributed by atoms with Gasteiger partial charge in [-0.25, -0.2) is 0 Å². The monoisotopic (exact) mass is 338 g/mol. The molecule has 126 valence electrons. The quantitative estimate of drug-likeness (QED) is 0.627. The minimum absolute atomic E-state index is 0.0436. The number of hydrogen-bond acceptors (Lipinski definition) is 2. The maximum Gasteiger partial charge on any atom is 0.306 e. The van der Waals surface area contributed by atoms with Crippen LogP contribution in [0.25, 0.3) is 0 Å². The molecule has 2 aromatic carbocycles. The Labute approximate surface area is 145 Å². The molecular weight excluding hydrogens is 312 g/mol. The summed E-state index contributed by atoms with van der Waals surface area (Å²) in [5.41, 5.74) is 0. The molecule has 2 aromatic rings. The van der Waals surface area contributed by atoms with Crippen LogP contribution in [0.1, 0.15) is 33.6 Å². The van der Waals surface area contributed by atoms with Crippen molar-refractivity contribution in [1.29, 1.82) is 0 Å². The molecule has 1 aliphatic heterocycles. The molecule has 1 heterocycles. The van der Waals surface area contributed by atoms with Gasteiger partial charge in [0, 0.05) is 6.42 Å². The van der Waals surface area contributed by atoms with Crippen LogP contribution in [0.2, 0.25) is 11.1 Å². The molecule has 1 fully saturated rings. The van der Waals surface area contributed by atoms with Crippen LogP contribution in [0, 0.1) is 0 Å². The highest BCUT2D eigenvalue weighted by molar-refractivity contribution is 7.04. The summed E-state index contributed by atoms with van der Waals surface area (Å²) in [6.07, 6.45) is 1.45. The Morgan fingerprint density at radius 3 is 1.83 bits per heavy atom. The average molecular weight is 339 g/mol. The van der Waals surface area contributed by atoms with Gasteiger partial charge in [0.05, 0.1) is 0 Å². The normalized spacial score (nSPS) is 18.5. The fraction of sp³-hybridized carbons (Fsp3) is 0.381. The fourth-order valence-corrected chi connectivity index (χ4v) is 9.73. The molecule has 24 heavy (non-hydrogen) atoms. The van der Waals surface area contributed by atoms with Crippen molar-refractivity contribution in [3.8, 4) is 0 Å². The second kappa shape index (κ2) is 6.56. The van der Waals surface area contributed by atoms with E-state index in [0.29, 0.717) is 6.42 Å². The highest BCUT2D eigenvalue weighted by Crippen LogP contribution is 2.41. The van der Waals surface area contributed by atoms with E-state index in [0.717, 1.165) is 12.5 Å². The van der Waals surface area contributed by atoms with E-state index in [-0.39, 0.29) is 17.1 Å². The first-order valence-electron chi connectivity index (χ1n) is 8.74. The predicted molar refractivity (Wildman–Crippen MR) is 102 cm³/mol. The largest absolute Gasteiger partial charge is 0.463 e. The van der Waals surface area contributed by atoms with Crippen LogP contribution < -0.4 is 10.4 Å². The number of hydrogen-bond donors (Lipinski definition) is 0. The Morgan fingerprint density at radius 2 is 1.46 bits per heavy atom. The number of ether oxygens (including phenoxy) is 1. The topological polar surface area (TPSA) is 26.3 Å². The van der Waals surface area contributed by atoms with Crippen molar-refractivity contribution in [3.63, 3.8) is 0 Å². The zero-order valence-electron chi connectivity index (χ0n) is 14.8. The molecule has 1 atom stereocenters. The number of benzene rings is 2. The van der Waals surface area contributed by atoms with Crippen LogP contribution in [-0.2, 0) is 9.53 Å². The van der Waals surface area contributed by atoms with Crippen molar-refractivity contribution >= 4 is 24.4 Å². The van der Waals surface area contributed by atoms with Crippen LogP contribution in [0.5, 0.6) is 0 Å². The molecule has 1 saturated heterocycles. The minimum atomic E-state index is -2.12. The highest BCUT2D eigenvalue weighted by atomic mass is 28.3. The minimum Gasteiger partial charge on any atom is -0.463 e. The van der Waals surface area contributed by atoms with Crippen molar-refractivity contribution in [2.45, 2.75) is 50.8 Å². The maximum absolute atomic E-state index is 11.7. The van der Waals surface area contributed by atoms with Gasteiger partial charge in [0.25, 0.3) is 0 Å². The third kappa shape index (κ3) is 3.05. The average Bonchev–Trinajstić information content (AvgIpc) is 2.98. The molecule has 0 amide bonds. The molecule has 0 radical (unpaired) electrons. The maximum atomic E-state index is 11.7. The lowest BCUT2D eigenvalue weighted by molar-refractivity contribution is -0.140. The molecular formula is C21H26O2Si. The van der Waals surface area contributed by atoms with E-state index in [2.05, 4.69) is 81.4 Å². The van der Waals surface area contributed by atoms with E-state index >= 15 is 0 Å². The first kappa shape index (κ1) is 17.0. The summed E-state index contributed by atoms with van der Waals surface area (Å²) < 4.78 is 5.65. The van der Waals surface area contributed by atoms with E-state index in [4.69, 9.17) is 4.74 Å². The summed E-state index contributed by atoms with van der Waals surface area (Å²) in [4.78, 5) is 11.7. The van der Waals surface area contributed by atoms with E-state index in [9.17, 15) is 4.79 Å². The number of carbonyl (C=O) groups excluding carboxylic acids is 1. The van der Waals surface area contributed by atoms with E-state index in [1.807, 2.05) is 0 Å². The van der Waals surface area contributed by atoms with Crippen LogP contribution in [0.4, 0.5) is 0 Å². The second-order valence-corrected chi connectivity index (χ2v) is 12.6. The summed E-state index contributed by atoms with van der Waals surface area (Å²) in [5, 5.41) is 2.96. The summed E-state index contributed by atoms with van der Waals surface area (Å²) in [5.74, 6) is -0.0436. The molecule has 1 unspecified atom stereocenters. The molecule has 0 saturated carbocycles. The molecule has 2 nitrogen and oxygen atoms in total. The van der Waals surface area contributed by atoms with Crippen molar-refractivity contribution in [2.24, 2.45) is 0 Å². The number of esters is 1. The number of carbonyl (C=O) groups is 1. The van der Waals surface area contributed by atoms with E-state index < -0.39 is 8.07 Å². The summed E-state index contributed by atoms with van der Waals surface area (Å²) in [7, 11) is -2.12. The zero-order valence-corrected chi connectivity index (χ0v) is 15.8. The first-order chi connectivity index (χ1) is 11.4. The first-order valence-corrected chi connectivity index (χ1v) is 10.9. The summed E-state index contributed by atoms with van der Waals surface area (Å²) in [6, 6.07) is 22.7. The number of cyclic esters (lactones) is 1. The van der Waals surface area contributed by atoms with Crippen LogP contribution in [-0.4, -0.2) is 20.1 Å². The molecule has 1 aliphatic rings. The van der Waals surface area contributed by atoms with Gasteiger partial charge in [0.1, 0.15) is 14.2 Å². The third-order valence-electron chi connectivity index (χ3n) is 5.32. The molecule has 0 spiro atoms. The summed E-state index contributed by atoms with van der Waals surface area (Å²) in [6.45, 7) is 7.03. The van der Waals surface area contributed by atoms with Crippen LogP contribution in [0.15, 0.2) is 60.7 Å². The molecule has 0 N–H and O–H groups in total. The number of rotatable bonds is 4. The molecule has 0 bridgehead atoms. The van der Waals surface area contributed by atoms with Crippen LogP contribution in [0.3, 0.4) is 0 Å². The third-order valence-corrected chi connectivity index (χ3v) is 11.6. The molecule has 3 rings (SSSR count). The van der Waals surface area contributed by atoms with Gasteiger partial charge in [-0.15, -0.1) is 0 Å². The Balaban J connectivity index is 2.15. The Morgan fingerprint density at radius 1 is 0.958 bits per heavy atom. The lowest BCUT2D eigenvalue weighted by Crippen LogP contribution is -2.65. The van der Waals surface area contributed by atoms with Gasteiger partial charge in [-0.3, -0.25) is 4.79 Å². The predicted octanol–water partition coefficient (Wildman–Crippen LogP) is 3.76. The van der Waals surface area contributed by atoms with Gasteiger partial charge < -0.3 is 4.74 Å². The van der Waals surface area contributed by atoms with Gasteiger partial charge in [0.2, 0.25) is 0 Å². The SMILES string of the molecule is CC(C)(C)[Si](CC1CCC(=O)O1)(c1ccccc1)c1ccccc1. The van der Waals surface area contributed by atoms with Gasteiger partial charge in [-0.2, -0.15) is 0 Å². The standard InChI is InChI=1S/C21H26O2Si/c1-21(2,3)24(18-10-6-4-7-11-18,19-12-8-5-9-13-19)16-17-14-15-20(22)23-17/h4-13,17H,14-16H2,1-3H3. The zero-order chi connectivity index (χ0) is 17.2. The molecule has 0 aromatic heterocycles. The van der Waals surface area contributed by atoms with Crippen molar-refractivity contribution in [2.75, 3.05) is 0 Å². The lowest BCUT2D eigenvalue weighted by atomic mass is 10.2. The Bertz CT molecular complexity index is 649. The highest BCUT2D eigenvalue weighted by Gasteiger charge is 2.49. The molecule has 3 heteroatoms. The van der Waals surface area contributed by atoms with E-state index in [1.54, 1.807) is 0 Å². The van der Waals surface area contributed by atoms with Crippen molar-refractivity contribution < 1.29 is 9.53 Å². The summed E-state index contributed by atoms with van der Waals surface area (Å²) >= 11 is 0. The van der Waals surface area contributed by atoms with Gasteiger partial charge in [0.15, 0.2) is 0 Å². The Hall–Kier alpha value is -1.87. The van der Waals surface area contributed by atoms with E-state index in [1.165, 1.54) is 10.4 Å². The van der Waals surface area contributed by atoms with Gasteiger partial charge in [-0.05, 0) is 17.5 Å². The Kier molecular flexibility index (Phi) is 4.64. The smallest absolute Gasteiger partial charge is 0.306 e. The van der Waals surface area contributed by atoms with Crippen molar-refractivity contribution in [1.82, 2.24) is 0 Å². The second-order valence-electron chi connectivity index (χ2n) is 7.74. The fourth-order valence-electron chi connectivity index (χ4n) is 4.09. The lowest BCUT2D eigenvalue weighted by Gasteiger charge is -2.45. The van der Waals surface area contributed by atoms with Crippen LogP contribution >= 0.6 is 0 Å². The van der Waals surface area contributed by atoms with Crippen molar-refractivity contribution in [3.05, 3.63) is 60.7 Å². The van der Waals surface area contributed by atoms with Gasteiger partial charge >= 0.3 is 5.97 Å². The van der Waals surface area contributed by atoms with Gasteiger partial charge in [-0.1, -0.05) is 91.8 Å². The molecule has 0 aliphatic carbocycles.